The lowest BCUT2D eigenvalue weighted by Crippen LogP contribution is -2.06. The number of ether oxygens (including phenoxy) is 1. The van der Waals surface area contributed by atoms with Gasteiger partial charge >= 0.3 is 5.97 Å². The molecule has 0 aliphatic rings. The van der Waals surface area contributed by atoms with Crippen LogP contribution in [0.3, 0.4) is 0 Å². The highest BCUT2D eigenvalue weighted by Gasteiger charge is 1.91. The molecule has 0 aliphatic carbocycles. The van der Waals surface area contributed by atoms with Gasteiger partial charge in [0, 0.05) is 6.42 Å². The first-order valence-electron chi connectivity index (χ1n) is 3.52. The summed E-state index contributed by atoms with van der Waals surface area (Å²) in [6.45, 7) is 1.99. The number of carbonyl (C=O) groups is 1. The highest BCUT2D eigenvalue weighted by atomic mass is 16.5. The van der Waals surface area contributed by atoms with Crippen molar-refractivity contribution < 1.29 is 14.6 Å². The molecule has 0 spiro atoms. The van der Waals surface area contributed by atoms with Crippen molar-refractivity contribution in [3.8, 4) is 11.8 Å². The second-order valence-electron chi connectivity index (χ2n) is 1.99. The first-order chi connectivity index (χ1) is 5.27. The van der Waals surface area contributed by atoms with Crippen molar-refractivity contribution in [1.29, 1.82) is 0 Å². The molecule has 0 aromatic rings. The average molecular weight is 156 g/mol. The molecule has 0 bridgehead atoms. The van der Waals surface area contributed by atoms with E-state index in [1.54, 1.807) is 0 Å². The van der Waals surface area contributed by atoms with Gasteiger partial charge in [-0.2, -0.15) is 0 Å². The Morgan fingerprint density at radius 2 is 2.27 bits per heavy atom. The number of rotatable bonds is 4. The van der Waals surface area contributed by atoms with Gasteiger partial charge < -0.3 is 9.84 Å². The van der Waals surface area contributed by atoms with Gasteiger partial charge in [0.15, 0.2) is 0 Å². The lowest BCUT2D eigenvalue weighted by atomic mass is 10.3. The minimum Gasteiger partial charge on any atom is -0.480 e. The van der Waals surface area contributed by atoms with Crippen LogP contribution in [0.4, 0.5) is 0 Å². The standard InChI is InChI=1S/C8H12O3/c1-2-3-4-5-6-11-7-8(9)10/h2-3,6-7H2,1H3,(H,9,10). The molecule has 0 heterocycles. The minimum absolute atomic E-state index is 0.215. The van der Waals surface area contributed by atoms with E-state index < -0.39 is 5.97 Å². The highest BCUT2D eigenvalue weighted by molar-refractivity contribution is 5.68. The lowest BCUT2D eigenvalue weighted by molar-refractivity contribution is -0.141. The number of hydrogen-bond donors (Lipinski definition) is 1. The molecule has 0 saturated carbocycles. The Morgan fingerprint density at radius 1 is 1.55 bits per heavy atom. The van der Waals surface area contributed by atoms with Crippen LogP contribution in [0.15, 0.2) is 0 Å². The van der Waals surface area contributed by atoms with Crippen molar-refractivity contribution in [3.05, 3.63) is 0 Å². The summed E-state index contributed by atoms with van der Waals surface area (Å²) >= 11 is 0. The molecule has 1 N–H and O–H groups in total. The van der Waals surface area contributed by atoms with Crippen LogP contribution < -0.4 is 0 Å². The molecule has 3 heteroatoms. The molecule has 11 heavy (non-hydrogen) atoms. The van der Waals surface area contributed by atoms with Gasteiger partial charge in [-0.15, -0.1) is 5.92 Å². The summed E-state index contributed by atoms with van der Waals surface area (Å²) in [5, 5.41) is 8.14. The van der Waals surface area contributed by atoms with Crippen LogP contribution >= 0.6 is 0 Å². The molecule has 0 aromatic carbocycles. The molecule has 0 unspecified atom stereocenters. The third-order valence-corrected chi connectivity index (χ3v) is 0.900. The molecule has 0 fully saturated rings. The Morgan fingerprint density at radius 3 is 2.82 bits per heavy atom. The zero-order valence-corrected chi connectivity index (χ0v) is 6.59. The summed E-state index contributed by atoms with van der Waals surface area (Å²) in [5.41, 5.74) is 0. The maximum Gasteiger partial charge on any atom is 0.329 e. The fourth-order valence-electron chi connectivity index (χ4n) is 0.454. The zero-order chi connectivity index (χ0) is 8.53. The van der Waals surface area contributed by atoms with Crippen LogP contribution in [0.2, 0.25) is 0 Å². The van der Waals surface area contributed by atoms with E-state index in [1.165, 1.54) is 0 Å². The number of carboxylic acids is 1. The first-order valence-corrected chi connectivity index (χ1v) is 3.52. The minimum atomic E-state index is -0.956. The molecule has 62 valence electrons. The van der Waals surface area contributed by atoms with E-state index in [2.05, 4.69) is 16.6 Å². The van der Waals surface area contributed by atoms with Crippen LogP contribution in [0, 0.1) is 11.8 Å². The van der Waals surface area contributed by atoms with E-state index in [9.17, 15) is 4.79 Å². The third-order valence-electron chi connectivity index (χ3n) is 0.900. The molecule has 0 aromatic heterocycles. The second kappa shape index (κ2) is 7.10. The molecule has 3 nitrogen and oxygen atoms in total. The van der Waals surface area contributed by atoms with Crippen molar-refractivity contribution >= 4 is 5.97 Å². The summed E-state index contributed by atoms with van der Waals surface area (Å²) in [6.07, 6.45) is 1.86. The van der Waals surface area contributed by atoms with Crippen LogP contribution in [0.1, 0.15) is 19.8 Å². The Bertz CT molecular complexity index is 164. The number of aliphatic carboxylic acids is 1. The fourth-order valence-corrected chi connectivity index (χ4v) is 0.454. The van der Waals surface area contributed by atoms with Crippen molar-refractivity contribution in [2.75, 3.05) is 13.2 Å². The van der Waals surface area contributed by atoms with Gasteiger partial charge in [-0.1, -0.05) is 12.8 Å². The first kappa shape index (κ1) is 9.99. The van der Waals surface area contributed by atoms with Gasteiger partial charge in [-0.3, -0.25) is 0 Å². The van der Waals surface area contributed by atoms with Crippen LogP contribution in [-0.4, -0.2) is 24.3 Å². The van der Waals surface area contributed by atoms with Gasteiger partial charge in [-0.25, -0.2) is 4.79 Å². The summed E-state index contributed by atoms with van der Waals surface area (Å²) in [7, 11) is 0. The van der Waals surface area contributed by atoms with Gasteiger partial charge in [0.2, 0.25) is 0 Å². The maximum absolute atomic E-state index is 9.91. The summed E-state index contributed by atoms with van der Waals surface area (Å²) < 4.78 is 4.67. The quantitative estimate of drug-likeness (QED) is 0.485. The number of hydrogen-bond acceptors (Lipinski definition) is 2. The Labute approximate surface area is 66.4 Å². The van der Waals surface area contributed by atoms with Crippen LogP contribution in [0.5, 0.6) is 0 Å². The highest BCUT2D eigenvalue weighted by Crippen LogP contribution is 1.81. The van der Waals surface area contributed by atoms with Crippen molar-refractivity contribution in [2.24, 2.45) is 0 Å². The predicted octanol–water partition coefficient (Wildman–Crippen LogP) is 0.891. The van der Waals surface area contributed by atoms with Gasteiger partial charge in [0.1, 0.15) is 13.2 Å². The molecule has 0 rings (SSSR count). The van der Waals surface area contributed by atoms with Gasteiger partial charge in [0.05, 0.1) is 0 Å². The number of unbranched alkanes of at least 4 members (excludes halogenated alkanes) is 1. The fraction of sp³-hybridized carbons (Fsp3) is 0.625. The van der Waals surface area contributed by atoms with Crippen LogP contribution in [0.25, 0.3) is 0 Å². The monoisotopic (exact) mass is 156 g/mol. The van der Waals surface area contributed by atoms with Gasteiger partial charge in [0.25, 0.3) is 0 Å². The smallest absolute Gasteiger partial charge is 0.329 e. The normalized spacial score (nSPS) is 8.45. The molecular weight excluding hydrogens is 144 g/mol. The Balaban J connectivity index is 3.15. The SMILES string of the molecule is CCCC#CCOCC(=O)O. The van der Waals surface area contributed by atoms with E-state index in [1.807, 2.05) is 6.92 Å². The topological polar surface area (TPSA) is 46.5 Å². The Kier molecular flexibility index (Phi) is 6.45. The van der Waals surface area contributed by atoms with E-state index >= 15 is 0 Å². The van der Waals surface area contributed by atoms with Crippen molar-refractivity contribution in [3.63, 3.8) is 0 Å². The molecule has 0 amide bonds. The molecule has 0 aliphatic heterocycles. The van der Waals surface area contributed by atoms with E-state index in [4.69, 9.17) is 5.11 Å². The number of carboxylic acid groups (broad SMARTS) is 1. The predicted molar refractivity (Wildman–Crippen MR) is 41.1 cm³/mol. The van der Waals surface area contributed by atoms with E-state index in [0.29, 0.717) is 0 Å². The maximum atomic E-state index is 9.91. The van der Waals surface area contributed by atoms with Crippen LogP contribution in [-0.2, 0) is 9.53 Å². The summed E-state index contributed by atoms with van der Waals surface area (Å²) in [4.78, 5) is 9.91. The largest absolute Gasteiger partial charge is 0.480 e. The third kappa shape index (κ3) is 8.99. The molecule has 0 radical (unpaired) electrons. The van der Waals surface area contributed by atoms with Crippen molar-refractivity contribution in [2.45, 2.75) is 19.8 Å². The summed E-state index contributed by atoms with van der Waals surface area (Å²) in [5.74, 6) is 4.59. The second-order valence-corrected chi connectivity index (χ2v) is 1.99. The van der Waals surface area contributed by atoms with E-state index in [0.717, 1.165) is 12.8 Å². The molecule has 0 saturated heterocycles. The lowest BCUT2D eigenvalue weighted by Gasteiger charge is -1.91. The van der Waals surface area contributed by atoms with E-state index in [-0.39, 0.29) is 13.2 Å². The van der Waals surface area contributed by atoms with Crippen molar-refractivity contribution in [1.82, 2.24) is 0 Å². The average Bonchev–Trinajstić information content (AvgIpc) is 1.96. The Hall–Kier alpha value is -1.01. The molecule has 0 atom stereocenters. The zero-order valence-electron chi connectivity index (χ0n) is 6.59. The summed E-state index contributed by atoms with van der Waals surface area (Å²) in [6, 6.07) is 0. The molecular formula is C8H12O3. The van der Waals surface area contributed by atoms with Gasteiger partial charge in [-0.05, 0) is 6.42 Å².